The van der Waals surface area contributed by atoms with E-state index in [4.69, 9.17) is 9.47 Å². The van der Waals surface area contributed by atoms with Crippen LogP contribution >= 0.6 is 0 Å². The lowest BCUT2D eigenvalue weighted by Gasteiger charge is -2.11. The second-order valence-corrected chi connectivity index (χ2v) is 4.64. The Balaban J connectivity index is 2.05. The van der Waals surface area contributed by atoms with Crippen LogP contribution in [0.15, 0.2) is 18.2 Å². The maximum Gasteiger partial charge on any atom is 0.387 e. The van der Waals surface area contributed by atoms with E-state index >= 15 is 0 Å². The second-order valence-electron chi connectivity index (χ2n) is 4.64. The number of aromatic nitrogens is 4. The van der Waals surface area contributed by atoms with Crippen LogP contribution in [0.4, 0.5) is 8.78 Å². The van der Waals surface area contributed by atoms with Crippen LogP contribution < -0.4 is 9.47 Å². The van der Waals surface area contributed by atoms with Gasteiger partial charge >= 0.3 is 12.6 Å². The largest absolute Gasteiger partial charge is 0.493 e. The van der Waals surface area contributed by atoms with Crippen LogP contribution in [0, 0.1) is 0 Å². The van der Waals surface area contributed by atoms with E-state index in [0.717, 1.165) is 6.42 Å². The highest BCUT2D eigenvalue weighted by Gasteiger charge is 2.16. The van der Waals surface area contributed by atoms with Gasteiger partial charge in [-0.3, -0.25) is 0 Å². The lowest BCUT2D eigenvalue weighted by molar-refractivity contribution is -0.0512. The first kappa shape index (κ1) is 17.6. The first-order valence-electron chi connectivity index (χ1n) is 7.10. The number of tetrazole rings is 1. The topological polar surface area (TPSA) is 88.4 Å². The summed E-state index contributed by atoms with van der Waals surface area (Å²) in [6.07, 6.45) is 0.828. The fourth-order valence-corrected chi connectivity index (χ4v) is 1.91. The van der Waals surface area contributed by atoms with Crippen LogP contribution in [-0.2, 0) is 17.9 Å². The number of benzene rings is 1. The van der Waals surface area contributed by atoms with E-state index in [1.807, 2.05) is 6.92 Å². The summed E-state index contributed by atoms with van der Waals surface area (Å²) in [5.74, 6) is -0.422. The summed E-state index contributed by atoms with van der Waals surface area (Å²) in [4.78, 5) is 12.1. The van der Waals surface area contributed by atoms with Crippen LogP contribution in [0.1, 0.15) is 29.5 Å². The van der Waals surface area contributed by atoms with Gasteiger partial charge in [0, 0.05) is 6.54 Å². The predicted molar refractivity (Wildman–Crippen MR) is 76.9 cm³/mol. The Morgan fingerprint density at radius 2 is 2.12 bits per heavy atom. The van der Waals surface area contributed by atoms with Gasteiger partial charge in [-0.25, -0.2) is 9.48 Å². The number of rotatable bonds is 8. The fraction of sp³-hybridized carbons (Fsp3) is 0.429. The van der Waals surface area contributed by atoms with Gasteiger partial charge in [0.15, 0.2) is 23.9 Å². The van der Waals surface area contributed by atoms with Crippen molar-refractivity contribution in [3.63, 3.8) is 0 Å². The molecule has 0 unspecified atom stereocenters. The van der Waals surface area contributed by atoms with Crippen LogP contribution in [0.25, 0.3) is 0 Å². The summed E-state index contributed by atoms with van der Waals surface area (Å²) in [6, 6.07) is 3.77. The van der Waals surface area contributed by atoms with E-state index in [-0.39, 0.29) is 23.7 Å². The van der Waals surface area contributed by atoms with Crippen molar-refractivity contribution in [2.45, 2.75) is 33.1 Å². The zero-order valence-electron chi connectivity index (χ0n) is 13.1. The van der Waals surface area contributed by atoms with Crippen molar-refractivity contribution in [1.82, 2.24) is 20.2 Å². The van der Waals surface area contributed by atoms with Crippen molar-refractivity contribution < 1.29 is 27.8 Å². The molecule has 8 nitrogen and oxygen atoms in total. The normalized spacial score (nSPS) is 10.7. The minimum Gasteiger partial charge on any atom is -0.493 e. The first-order valence-corrected chi connectivity index (χ1v) is 7.10. The van der Waals surface area contributed by atoms with Crippen molar-refractivity contribution in [2.75, 3.05) is 7.11 Å². The van der Waals surface area contributed by atoms with E-state index in [1.54, 1.807) is 0 Å². The Bertz CT molecular complexity index is 693. The molecule has 0 N–H and O–H groups in total. The Labute approximate surface area is 136 Å². The molecule has 1 heterocycles. The minimum absolute atomic E-state index is 0.000525. The number of esters is 1. The zero-order chi connectivity index (χ0) is 17.5. The molecule has 10 heteroatoms. The van der Waals surface area contributed by atoms with Gasteiger partial charge in [0.1, 0.15) is 0 Å². The van der Waals surface area contributed by atoms with Gasteiger partial charge in [-0.05, 0) is 35.0 Å². The summed E-state index contributed by atoms with van der Waals surface area (Å²) in [5.41, 5.74) is 0.128. The molecule has 0 amide bonds. The molecule has 0 fully saturated rings. The quantitative estimate of drug-likeness (QED) is 0.678. The molecule has 0 saturated heterocycles. The minimum atomic E-state index is -2.99. The number of alkyl halides is 2. The number of nitrogens with zero attached hydrogens (tertiary/aromatic N) is 4. The third-order valence-electron chi connectivity index (χ3n) is 2.99. The molecular weight excluding hydrogens is 326 g/mol. The molecule has 2 aromatic rings. The highest BCUT2D eigenvalue weighted by atomic mass is 19.3. The van der Waals surface area contributed by atoms with Gasteiger partial charge in [-0.2, -0.15) is 8.78 Å². The van der Waals surface area contributed by atoms with E-state index in [1.165, 1.54) is 30.0 Å². The summed E-state index contributed by atoms with van der Waals surface area (Å²) in [5, 5.41) is 11.1. The number of aryl methyl sites for hydroxylation is 1. The molecule has 130 valence electrons. The summed E-state index contributed by atoms with van der Waals surface area (Å²) >= 11 is 0. The molecule has 24 heavy (non-hydrogen) atoms. The molecule has 0 aliphatic heterocycles. The van der Waals surface area contributed by atoms with Crippen LogP contribution in [0.5, 0.6) is 11.5 Å². The average Bonchev–Trinajstić information content (AvgIpc) is 3.00. The molecule has 0 bridgehead atoms. The Morgan fingerprint density at radius 3 is 2.79 bits per heavy atom. The van der Waals surface area contributed by atoms with Gasteiger partial charge in [-0.15, -0.1) is 5.10 Å². The monoisotopic (exact) mass is 342 g/mol. The van der Waals surface area contributed by atoms with E-state index in [2.05, 4.69) is 20.3 Å². The third-order valence-corrected chi connectivity index (χ3v) is 2.99. The molecule has 0 aliphatic rings. The lowest BCUT2D eigenvalue weighted by atomic mass is 10.2. The molecular formula is C14H16F2N4O4. The molecule has 0 saturated carbocycles. The number of hydrogen-bond acceptors (Lipinski definition) is 7. The zero-order valence-corrected chi connectivity index (χ0v) is 13.1. The summed E-state index contributed by atoms with van der Waals surface area (Å²) in [6.45, 7) is -0.530. The van der Waals surface area contributed by atoms with E-state index in [9.17, 15) is 13.6 Å². The van der Waals surface area contributed by atoms with Crippen LogP contribution in [-0.4, -0.2) is 39.9 Å². The fourth-order valence-electron chi connectivity index (χ4n) is 1.91. The lowest BCUT2D eigenvalue weighted by Crippen LogP contribution is -2.11. The summed E-state index contributed by atoms with van der Waals surface area (Å²) in [7, 11) is 1.28. The molecule has 0 aliphatic carbocycles. The average molecular weight is 342 g/mol. The number of carbonyl (C=O) groups excluding carboxylic acids is 1. The van der Waals surface area contributed by atoms with Gasteiger partial charge < -0.3 is 14.2 Å². The number of halogens is 2. The smallest absolute Gasteiger partial charge is 0.387 e. The number of hydrogen-bond donors (Lipinski definition) is 0. The van der Waals surface area contributed by atoms with Crippen molar-refractivity contribution in [1.29, 1.82) is 0 Å². The van der Waals surface area contributed by atoms with Gasteiger partial charge in [0.05, 0.1) is 12.7 Å². The van der Waals surface area contributed by atoms with Crippen molar-refractivity contribution in [3.8, 4) is 11.5 Å². The van der Waals surface area contributed by atoms with Crippen molar-refractivity contribution >= 4 is 5.97 Å². The summed E-state index contributed by atoms with van der Waals surface area (Å²) < 4.78 is 40.5. The SMILES string of the molecule is CCCn1nnnc1COC(=O)c1ccc(OC(F)F)c(OC)c1. The highest BCUT2D eigenvalue weighted by Crippen LogP contribution is 2.29. The Hall–Kier alpha value is -2.78. The Morgan fingerprint density at radius 1 is 1.33 bits per heavy atom. The van der Waals surface area contributed by atoms with E-state index < -0.39 is 12.6 Å². The molecule has 1 aromatic carbocycles. The molecule has 1 aromatic heterocycles. The molecule has 0 radical (unpaired) electrons. The Kier molecular flexibility index (Phi) is 5.99. The molecule has 2 rings (SSSR count). The van der Waals surface area contributed by atoms with Gasteiger partial charge in [-0.1, -0.05) is 6.92 Å². The molecule has 0 spiro atoms. The van der Waals surface area contributed by atoms with Crippen molar-refractivity contribution in [2.24, 2.45) is 0 Å². The van der Waals surface area contributed by atoms with Crippen LogP contribution in [0.3, 0.4) is 0 Å². The van der Waals surface area contributed by atoms with Crippen molar-refractivity contribution in [3.05, 3.63) is 29.6 Å². The predicted octanol–water partition coefficient (Wildman–Crippen LogP) is 2.05. The maximum atomic E-state index is 12.3. The molecule has 0 atom stereocenters. The first-order chi connectivity index (χ1) is 11.5. The standard InChI is InChI=1S/C14H16F2N4O4/c1-3-6-20-12(17-18-19-20)8-23-13(21)9-4-5-10(24-14(15)16)11(7-9)22-2/h4-5,7,14H,3,6,8H2,1-2H3. The third kappa shape index (κ3) is 4.37. The number of carbonyl (C=O) groups is 1. The second kappa shape index (κ2) is 8.18. The van der Waals surface area contributed by atoms with Crippen LogP contribution in [0.2, 0.25) is 0 Å². The maximum absolute atomic E-state index is 12.3. The number of methoxy groups -OCH3 is 1. The van der Waals surface area contributed by atoms with E-state index in [0.29, 0.717) is 12.4 Å². The van der Waals surface area contributed by atoms with Gasteiger partial charge in [0.25, 0.3) is 0 Å². The van der Waals surface area contributed by atoms with Gasteiger partial charge in [0.2, 0.25) is 0 Å². The highest BCUT2D eigenvalue weighted by molar-refractivity contribution is 5.90. The number of ether oxygens (including phenoxy) is 3.